The summed E-state index contributed by atoms with van der Waals surface area (Å²) in [4.78, 5) is 19.3. The third-order valence-electron chi connectivity index (χ3n) is 5.87. The monoisotopic (exact) mass is 406 g/mol. The van der Waals surface area contributed by atoms with E-state index in [4.69, 9.17) is 16.3 Å². The van der Waals surface area contributed by atoms with Crippen LogP contribution in [0.3, 0.4) is 0 Å². The molecular formula is C23H35ClN2O2. The average molecular weight is 407 g/mol. The van der Waals surface area contributed by atoms with Crippen molar-refractivity contribution in [1.29, 1.82) is 0 Å². The van der Waals surface area contributed by atoms with Crippen molar-refractivity contribution < 1.29 is 9.53 Å². The summed E-state index contributed by atoms with van der Waals surface area (Å²) < 4.78 is 6.03. The molecule has 28 heavy (non-hydrogen) atoms. The van der Waals surface area contributed by atoms with Crippen LogP contribution in [0.25, 0.3) is 0 Å². The van der Waals surface area contributed by atoms with Gasteiger partial charge in [0.2, 0.25) is 0 Å². The Bertz CT molecular complexity index is 702. The fourth-order valence-corrected chi connectivity index (χ4v) is 4.52. The van der Waals surface area contributed by atoms with E-state index in [0.29, 0.717) is 22.8 Å². The van der Waals surface area contributed by atoms with E-state index < -0.39 is 0 Å². The van der Waals surface area contributed by atoms with Crippen LogP contribution in [-0.4, -0.2) is 31.5 Å². The third kappa shape index (κ3) is 5.73. The van der Waals surface area contributed by atoms with E-state index >= 15 is 0 Å². The van der Waals surface area contributed by atoms with Crippen molar-refractivity contribution in [3.63, 3.8) is 0 Å². The minimum atomic E-state index is -0.186. The number of carbonyl (C=O) groups is 1. The first kappa shape index (κ1) is 22.7. The quantitative estimate of drug-likeness (QED) is 0.335. The van der Waals surface area contributed by atoms with Gasteiger partial charge in [-0.25, -0.2) is 0 Å². The molecule has 2 rings (SSSR count). The lowest BCUT2D eigenvalue weighted by atomic mass is 9.75. The van der Waals surface area contributed by atoms with Gasteiger partial charge in [-0.3, -0.25) is 9.79 Å². The van der Waals surface area contributed by atoms with E-state index in [1.807, 2.05) is 36.9 Å². The fraction of sp³-hybridized carbons (Fsp3) is 0.652. The summed E-state index contributed by atoms with van der Waals surface area (Å²) in [5.74, 6) is 2.24. The highest BCUT2D eigenvalue weighted by Gasteiger charge is 2.34. The van der Waals surface area contributed by atoms with Gasteiger partial charge in [0.15, 0.2) is 0 Å². The van der Waals surface area contributed by atoms with Crippen LogP contribution in [0.2, 0.25) is 5.02 Å². The van der Waals surface area contributed by atoms with Gasteiger partial charge < -0.3 is 9.64 Å². The van der Waals surface area contributed by atoms with Gasteiger partial charge in [0, 0.05) is 24.2 Å². The van der Waals surface area contributed by atoms with Crippen molar-refractivity contribution in [1.82, 2.24) is 0 Å². The van der Waals surface area contributed by atoms with Crippen LogP contribution in [0.5, 0.6) is 0 Å². The van der Waals surface area contributed by atoms with Crippen LogP contribution in [0, 0.1) is 24.7 Å². The molecule has 5 heteroatoms. The Morgan fingerprint density at radius 1 is 1.36 bits per heavy atom. The SMILES string of the molecule is CC/C(=N\C)N(CC(=O)O[C@@H]1C[C@H](C)CC[C@H]1C(C)C)c1ccc(Cl)cc1C. The van der Waals surface area contributed by atoms with Crippen molar-refractivity contribution in [3.05, 3.63) is 28.8 Å². The highest BCUT2D eigenvalue weighted by molar-refractivity contribution is 6.30. The average Bonchev–Trinajstić information content (AvgIpc) is 2.61. The third-order valence-corrected chi connectivity index (χ3v) is 6.10. The van der Waals surface area contributed by atoms with E-state index in [1.54, 1.807) is 7.05 Å². The molecule has 1 aromatic rings. The number of hydrogen-bond donors (Lipinski definition) is 0. The first-order valence-corrected chi connectivity index (χ1v) is 10.8. The van der Waals surface area contributed by atoms with E-state index in [9.17, 15) is 4.79 Å². The number of benzene rings is 1. The first-order valence-electron chi connectivity index (χ1n) is 10.5. The number of halogens is 1. The second-order valence-electron chi connectivity index (χ2n) is 8.36. The van der Waals surface area contributed by atoms with E-state index in [-0.39, 0.29) is 18.6 Å². The Labute approximate surface area is 175 Å². The topological polar surface area (TPSA) is 41.9 Å². The predicted octanol–water partition coefficient (Wildman–Crippen LogP) is 5.90. The van der Waals surface area contributed by atoms with Crippen LogP contribution in [0.4, 0.5) is 5.69 Å². The lowest BCUT2D eigenvalue weighted by Crippen LogP contribution is -2.41. The highest BCUT2D eigenvalue weighted by Crippen LogP contribution is 2.35. The number of hydrogen-bond acceptors (Lipinski definition) is 3. The van der Waals surface area contributed by atoms with Gasteiger partial charge in [-0.15, -0.1) is 0 Å². The number of rotatable bonds is 6. The van der Waals surface area contributed by atoms with Crippen molar-refractivity contribution in [2.45, 2.75) is 66.4 Å². The van der Waals surface area contributed by atoms with Gasteiger partial charge in [0.05, 0.1) is 0 Å². The molecule has 0 spiro atoms. The van der Waals surface area contributed by atoms with Gasteiger partial charge >= 0.3 is 5.97 Å². The summed E-state index contributed by atoms with van der Waals surface area (Å²) >= 11 is 6.12. The number of aryl methyl sites for hydroxylation is 1. The molecule has 0 aromatic heterocycles. The van der Waals surface area contributed by atoms with Crippen molar-refractivity contribution >= 4 is 29.1 Å². The first-order chi connectivity index (χ1) is 13.3. The van der Waals surface area contributed by atoms with Crippen LogP contribution in [-0.2, 0) is 9.53 Å². The van der Waals surface area contributed by atoms with Crippen molar-refractivity contribution in [3.8, 4) is 0 Å². The molecule has 1 fully saturated rings. The number of anilines is 1. The molecule has 156 valence electrons. The van der Waals surface area contributed by atoms with Gasteiger partial charge in [0.25, 0.3) is 0 Å². The maximum Gasteiger partial charge on any atom is 0.326 e. The van der Waals surface area contributed by atoms with Crippen LogP contribution >= 0.6 is 11.6 Å². The summed E-state index contributed by atoms with van der Waals surface area (Å²) in [5.41, 5.74) is 1.96. The maximum atomic E-state index is 12.9. The van der Waals surface area contributed by atoms with E-state index in [2.05, 4.69) is 25.8 Å². The highest BCUT2D eigenvalue weighted by atomic mass is 35.5. The number of ether oxygens (including phenoxy) is 1. The summed E-state index contributed by atoms with van der Waals surface area (Å²) in [6.07, 6.45) is 4.05. The Balaban J connectivity index is 2.20. The zero-order chi connectivity index (χ0) is 20.8. The summed E-state index contributed by atoms with van der Waals surface area (Å²) in [5, 5.41) is 0.686. The lowest BCUT2D eigenvalue weighted by Gasteiger charge is -2.37. The lowest BCUT2D eigenvalue weighted by molar-refractivity contribution is -0.154. The molecule has 0 aliphatic heterocycles. The molecule has 1 aliphatic carbocycles. The Morgan fingerprint density at radius 2 is 2.07 bits per heavy atom. The number of amidine groups is 1. The van der Waals surface area contributed by atoms with Gasteiger partial charge in [-0.05, 0) is 61.3 Å². The molecule has 0 bridgehead atoms. The summed E-state index contributed by atoms with van der Waals surface area (Å²) in [7, 11) is 1.76. The van der Waals surface area contributed by atoms with Gasteiger partial charge in [-0.1, -0.05) is 45.7 Å². The molecule has 3 atom stereocenters. The molecule has 0 N–H and O–H groups in total. The van der Waals surface area contributed by atoms with Crippen molar-refractivity contribution in [2.24, 2.45) is 22.7 Å². The van der Waals surface area contributed by atoms with Crippen LogP contribution < -0.4 is 4.90 Å². The summed E-state index contributed by atoms with van der Waals surface area (Å²) in [6.45, 7) is 10.9. The Hall–Kier alpha value is -1.55. The van der Waals surface area contributed by atoms with E-state index in [0.717, 1.165) is 36.3 Å². The molecule has 4 nitrogen and oxygen atoms in total. The fourth-order valence-electron chi connectivity index (χ4n) is 4.29. The molecule has 0 saturated heterocycles. The number of nitrogens with zero attached hydrogens (tertiary/aromatic N) is 2. The number of aliphatic imine (C=N–C) groups is 1. The summed E-state index contributed by atoms with van der Waals surface area (Å²) in [6, 6.07) is 5.71. The molecule has 0 heterocycles. The zero-order valence-corrected chi connectivity index (χ0v) is 18.9. The molecule has 0 radical (unpaired) electrons. The smallest absolute Gasteiger partial charge is 0.326 e. The molecular weight excluding hydrogens is 372 g/mol. The van der Waals surface area contributed by atoms with Crippen LogP contribution in [0.15, 0.2) is 23.2 Å². The van der Waals surface area contributed by atoms with Crippen LogP contribution in [0.1, 0.15) is 58.9 Å². The second-order valence-corrected chi connectivity index (χ2v) is 8.80. The molecule has 0 unspecified atom stereocenters. The number of carbonyl (C=O) groups excluding carboxylic acids is 1. The number of esters is 1. The molecule has 1 saturated carbocycles. The predicted molar refractivity (Wildman–Crippen MR) is 118 cm³/mol. The Morgan fingerprint density at radius 3 is 2.64 bits per heavy atom. The Kier molecular flexibility index (Phi) is 8.36. The zero-order valence-electron chi connectivity index (χ0n) is 18.2. The molecule has 1 aromatic carbocycles. The normalized spacial score (nSPS) is 23.0. The standard InChI is InChI=1S/C23H35ClN2O2/c1-7-22(25-6)26(20-11-9-18(24)13-17(20)5)14-23(27)28-21-12-16(4)8-10-19(21)15(2)3/h9,11,13,15-16,19,21H,7-8,10,12,14H2,1-6H3/b25-22+/t16-,19+,21-/m1/s1. The van der Waals surface area contributed by atoms with Crippen molar-refractivity contribution in [2.75, 3.05) is 18.5 Å². The van der Waals surface area contributed by atoms with E-state index in [1.165, 1.54) is 6.42 Å². The molecule has 0 amide bonds. The minimum Gasteiger partial charge on any atom is -0.461 e. The molecule has 1 aliphatic rings. The largest absolute Gasteiger partial charge is 0.461 e. The maximum absolute atomic E-state index is 12.9. The second kappa shape index (κ2) is 10.3. The van der Waals surface area contributed by atoms with Gasteiger partial charge in [0.1, 0.15) is 18.5 Å². The van der Waals surface area contributed by atoms with Gasteiger partial charge in [-0.2, -0.15) is 0 Å². The minimum absolute atomic E-state index is 0.00746.